The predicted octanol–water partition coefficient (Wildman–Crippen LogP) is 3.81. The van der Waals surface area contributed by atoms with Gasteiger partial charge in [-0.3, -0.25) is 4.79 Å². The topological polar surface area (TPSA) is 55.1 Å². The van der Waals surface area contributed by atoms with Crippen molar-refractivity contribution in [1.29, 1.82) is 0 Å². The molecule has 2 aliphatic rings. The molecule has 0 aromatic heterocycles. The van der Waals surface area contributed by atoms with Crippen molar-refractivity contribution >= 4 is 17.3 Å². The Morgan fingerprint density at radius 1 is 1.10 bits per heavy atom. The van der Waals surface area contributed by atoms with E-state index in [0.29, 0.717) is 5.69 Å². The smallest absolute Gasteiger partial charge is 0.227 e. The van der Waals surface area contributed by atoms with E-state index in [1.165, 1.54) is 32.1 Å². The zero-order chi connectivity index (χ0) is 13.9. The van der Waals surface area contributed by atoms with Gasteiger partial charge in [0.2, 0.25) is 5.91 Å². The third-order valence-corrected chi connectivity index (χ3v) is 5.06. The minimum atomic E-state index is 0.180. The van der Waals surface area contributed by atoms with Gasteiger partial charge in [0.15, 0.2) is 0 Å². The number of nitrogens with two attached hydrogens (primary N) is 1. The Kier molecular flexibility index (Phi) is 3.95. The molecule has 1 amide bonds. The number of fused-ring (bicyclic) bond motifs is 1. The normalized spacial score (nSPS) is 29.5. The SMILES string of the molecule is Nc1cccc(NC(=O)C2CCC3CCCCC3C2)c1. The molecule has 3 unspecified atom stereocenters. The van der Waals surface area contributed by atoms with Crippen LogP contribution in [0.5, 0.6) is 0 Å². The van der Waals surface area contributed by atoms with Crippen LogP contribution in [0, 0.1) is 17.8 Å². The van der Waals surface area contributed by atoms with Crippen molar-refractivity contribution in [3.63, 3.8) is 0 Å². The van der Waals surface area contributed by atoms with E-state index in [1.807, 2.05) is 24.3 Å². The summed E-state index contributed by atoms with van der Waals surface area (Å²) in [6.07, 6.45) is 8.82. The molecule has 2 aliphatic carbocycles. The Hall–Kier alpha value is -1.51. The second-order valence-electron chi connectivity index (χ2n) is 6.43. The van der Waals surface area contributed by atoms with Gasteiger partial charge in [0.1, 0.15) is 0 Å². The van der Waals surface area contributed by atoms with E-state index in [-0.39, 0.29) is 11.8 Å². The number of carbonyl (C=O) groups is 1. The van der Waals surface area contributed by atoms with Crippen molar-refractivity contribution in [2.45, 2.75) is 44.9 Å². The maximum atomic E-state index is 12.4. The molecule has 3 nitrogen and oxygen atoms in total. The van der Waals surface area contributed by atoms with Crippen molar-refractivity contribution in [1.82, 2.24) is 0 Å². The average Bonchev–Trinajstić information content (AvgIpc) is 2.47. The van der Waals surface area contributed by atoms with Gasteiger partial charge in [0.05, 0.1) is 0 Å². The summed E-state index contributed by atoms with van der Waals surface area (Å²) in [4.78, 5) is 12.4. The summed E-state index contributed by atoms with van der Waals surface area (Å²) in [7, 11) is 0. The van der Waals surface area contributed by atoms with E-state index < -0.39 is 0 Å². The number of hydrogen-bond donors (Lipinski definition) is 2. The number of carbonyl (C=O) groups excluding carboxylic acids is 1. The molecule has 0 aliphatic heterocycles. The van der Waals surface area contributed by atoms with Crippen LogP contribution in [0.3, 0.4) is 0 Å². The van der Waals surface area contributed by atoms with Crippen molar-refractivity contribution < 1.29 is 4.79 Å². The molecule has 2 fully saturated rings. The van der Waals surface area contributed by atoms with Crippen LogP contribution in [0.2, 0.25) is 0 Å². The van der Waals surface area contributed by atoms with E-state index in [0.717, 1.165) is 30.4 Å². The predicted molar refractivity (Wildman–Crippen MR) is 82.3 cm³/mol. The summed E-state index contributed by atoms with van der Waals surface area (Å²) in [6, 6.07) is 7.44. The van der Waals surface area contributed by atoms with Crippen LogP contribution in [0.25, 0.3) is 0 Å². The quantitative estimate of drug-likeness (QED) is 0.804. The lowest BCUT2D eigenvalue weighted by Crippen LogP contribution is -2.33. The average molecular weight is 272 g/mol. The first-order chi connectivity index (χ1) is 9.72. The summed E-state index contributed by atoms with van der Waals surface area (Å²) in [5.41, 5.74) is 7.26. The fourth-order valence-electron chi connectivity index (χ4n) is 3.97. The molecular weight excluding hydrogens is 248 g/mol. The lowest BCUT2D eigenvalue weighted by molar-refractivity contribution is -0.122. The highest BCUT2D eigenvalue weighted by Crippen LogP contribution is 2.42. The van der Waals surface area contributed by atoms with Crippen LogP contribution < -0.4 is 11.1 Å². The lowest BCUT2D eigenvalue weighted by atomic mass is 9.67. The molecule has 0 heterocycles. The highest BCUT2D eigenvalue weighted by atomic mass is 16.1. The Balaban J connectivity index is 1.60. The molecule has 3 rings (SSSR count). The van der Waals surface area contributed by atoms with E-state index in [2.05, 4.69) is 5.32 Å². The van der Waals surface area contributed by atoms with Gasteiger partial charge in [-0.2, -0.15) is 0 Å². The third kappa shape index (κ3) is 2.97. The van der Waals surface area contributed by atoms with Crippen molar-refractivity contribution in [3.8, 4) is 0 Å². The fourth-order valence-corrected chi connectivity index (χ4v) is 3.97. The van der Waals surface area contributed by atoms with Gasteiger partial charge in [-0.1, -0.05) is 31.7 Å². The number of hydrogen-bond acceptors (Lipinski definition) is 2. The number of nitrogen functional groups attached to an aromatic ring is 1. The molecule has 3 atom stereocenters. The first-order valence-electron chi connectivity index (χ1n) is 7.89. The monoisotopic (exact) mass is 272 g/mol. The lowest BCUT2D eigenvalue weighted by Gasteiger charge is -2.38. The van der Waals surface area contributed by atoms with Crippen LogP contribution in [0.4, 0.5) is 11.4 Å². The van der Waals surface area contributed by atoms with Crippen LogP contribution >= 0.6 is 0 Å². The molecule has 3 heteroatoms. The van der Waals surface area contributed by atoms with Gasteiger partial charge in [-0.15, -0.1) is 0 Å². The Morgan fingerprint density at radius 3 is 2.70 bits per heavy atom. The number of anilines is 2. The fraction of sp³-hybridized carbons (Fsp3) is 0.588. The summed E-state index contributed by atoms with van der Waals surface area (Å²) in [5, 5.41) is 3.03. The third-order valence-electron chi connectivity index (χ3n) is 5.06. The van der Waals surface area contributed by atoms with Crippen molar-refractivity contribution in [3.05, 3.63) is 24.3 Å². The molecule has 1 aromatic carbocycles. The molecule has 0 saturated heterocycles. The molecule has 0 radical (unpaired) electrons. The second kappa shape index (κ2) is 5.86. The number of nitrogens with one attached hydrogen (secondary N) is 1. The highest BCUT2D eigenvalue weighted by Gasteiger charge is 2.34. The molecule has 108 valence electrons. The van der Waals surface area contributed by atoms with Gasteiger partial charge in [-0.05, 0) is 49.3 Å². The standard InChI is InChI=1S/C17H24N2O/c18-15-6-3-7-16(11-15)19-17(20)14-9-8-12-4-1-2-5-13(12)10-14/h3,6-7,11-14H,1-2,4-5,8-10,18H2,(H,19,20). The maximum absolute atomic E-state index is 12.4. The Bertz CT molecular complexity index is 486. The first kappa shape index (κ1) is 13.5. The Labute approximate surface area is 120 Å². The van der Waals surface area contributed by atoms with Gasteiger partial charge in [-0.25, -0.2) is 0 Å². The van der Waals surface area contributed by atoms with E-state index in [9.17, 15) is 4.79 Å². The number of amides is 1. The molecule has 3 N–H and O–H groups in total. The van der Waals surface area contributed by atoms with Crippen LogP contribution in [0.1, 0.15) is 44.9 Å². The summed E-state index contributed by atoms with van der Waals surface area (Å²) >= 11 is 0. The number of rotatable bonds is 2. The molecule has 2 saturated carbocycles. The highest BCUT2D eigenvalue weighted by molar-refractivity contribution is 5.93. The Morgan fingerprint density at radius 2 is 1.90 bits per heavy atom. The minimum Gasteiger partial charge on any atom is -0.399 e. The van der Waals surface area contributed by atoms with Crippen molar-refractivity contribution in [2.24, 2.45) is 17.8 Å². The molecular formula is C17H24N2O. The summed E-state index contributed by atoms with van der Waals surface area (Å²) in [5.74, 6) is 2.05. The molecule has 20 heavy (non-hydrogen) atoms. The largest absolute Gasteiger partial charge is 0.399 e. The van der Waals surface area contributed by atoms with E-state index >= 15 is 0 Å². The number of benzene rings is 1. The molecule has 1 aromatic rings. The first-order valence-corrected chi connectivity index (χ1v) is 7.89. The van der Waals surface area contributed by atoms with Gasteiger partial charge >= 0.3 is 0 Å². The van der Waals surface area contributed by atoms with Gasteiger partial charge in [0, 0.05) is 17.3 Å². The van der Waals surface area contributed by atoms with Crippen molar-refractivity contribution in [2.75, 3.05) is 11.1 Å². The second-order valence-corrected chi connectivity index (χ2v) is 6.43. The summed E-state index contributed by atoms with van der Waals surface area (Å²) < 4.78 is 0. The van der Waals surface area contributed by atoms with Gasteiger partial charge < -0.3 is 11.1 Å². The van der Waals surface area contributed by atoms with E-state index in [4.69, 9.17) is 5.73 Å². The van der Waals surface area contributed by atoms with Crippen LogP contribution in [-0.2, 0) is 4.79 Å². The van der Waals surface area contributed by atoms with Crippen LogP contribution in [0.15, 0.2) is 24.3 Å². The van der Waals surface area contributed by atoms with Gasteiger partial charge in [0.25, 0.3) is 0 Å². The molecule has 0 spiro atoms. The summed E-state index contributed by atoms with van der Waals surface area (Å²) in [6.45, 7) is 0. The van der Waals surface area contributed by atoms with Crippen LogP contribution in [-0.4, -0.2) is 5.91 Å². The molecule has 0 bridgehead atoms. The maximum Gasteiger partial charge on any atom is 0.227 e. The zero-order valence-electron chi connectivity index (χ0n) is 12.0. The zero-order valence-corrected chi connectivity index (χ0v) is 12.0. The van der Waals surface area contributed by atoms with E-state index in [1.54, 1.807) is 0 Å². The minimum absolute atomic E-state index is 0.180.